The van der Waals surface area contributed by atoms with Crippen LogP contribution in [0.5, 0.6) is 0 Å². The highest BCUT2D eigenvalue weighted by molar-refractivity contribution is 5.18. The normalized spacial score (nSPS) is 33.4. The van der Waals surface area contributed by atoms with Crippen LogP contribution in [0.2, 0.25) is 0 Å². The van der Waals surface area contributed by atoms with E-state index in [1.807, 2.05) is 0 Å². The average molecular weight is 176 g/mol. The largest absolute Gasteiger partial charge is 0.0998 e. The molecule has 2 unspecified atom stereocenters. The van der Waals surface area contributed by atoms with Crippen LogP contribution in [0.25, 0.3) is 0 Å². The Morgan fingerprint density at radius 1 is 1.08 bits per heavy atom. The molecule has 2 saturated carbocycles. The van der Waals surface area contributed by atoms with Crippen LogP contribution in [0.1, 0.15) is 46.0 Å². The van der Waals surface area contributed by atoms with E-state index < -0.39 is 0 Å². The van der Waals surface area contributed by atoms with E-state index in [-0.39, 0.29) is 0 Å². The van der Waals surface area contributed by atoms with Crippen LogP contribution in [-0.2, 0) is 0 Å². The zero-order valence-corrected chi connectivity index (χ0v) is 8.90. The van der Waals surface area contributed by atoms with Crippen molar-refractivity contribution in [3.8, 4) is 0 Å². The molecule has 2 rings (SSSR count). The third kappa shape index (κ3) is 1.87. The summed E-state index contributed by atoms with van der Waals surface area (Å²) in [5.74, 6) is 1.87. The predicted molar refractivity (Wildman–Crippen MR) is 57.6 cm³/mol. The van der Waals surface area contributed by atoms with Gasteiger partial charge in [0, 0.05) is 0 Å². The first-order valence-corrected chi connectivity index (χ1v) is 5.47. The summed E-state index contributed by atoms with van der Waals surface area (Å²) in [6, 6.07) is 0. The molecule has 0 aromatic rings. The summed E-state index contributed by atoms with van der Waals surface area (Å²) in [7, 11) is 0. The van der Waals surface area contributed by atoms with Crippen LogP contribution < -0.4 is 0 Å². The second-order valence-corrected chi connectivity index (χ2v) is 5.14. The molecule has 0 spiro atoms. The maximum atomic E-state index is 4.15. The zero-order chi connectivity index (χ0) is 9.42. The van der Waals surface area contributed by atoms with Gasteiger partial charge in [-0.05, 0) is 57.8 Å². The van der Waals surface area contributed by atoms with Gasteiger partial charge in [0.05, 0.1) is 0 Å². The van der Waals surface area contributed by atoms with Gasteiger partial charge in [0.25, 0.3) is 0 Å². The van der Waals surface area contributed by atoms with Gasteiger partial charge in [-0.2, -0.15) is 0 Å². The van der Waals surface area contributed by atoms with Crippen molar-refractivity contribution < 1.29 is 0 Å². The predicted octanol–water partition coefficient (Wildman–Crippen LogP) is 4.09. The Bertz CT molecular complexity index is 235. The van der Waals surface area contributed by atoms with Crippen molar-refractivity contribution in [1.82, 2.24) is 0 Å². The molecular weight excluding hydrogens is 156 g/mol. The van der Waals surface area contributed by atoms with E-state index in [1.165, 1.54) is 37.7 Å². The molecule has 2 aliphatic rings. The lowest BCUT2D eigenvalue weighted by atomic mass is 9.68. The molecule has 0 aliphatic heterocycles. The first-order valence-electron chi connectivity index (χ1n) is 5.47. The van der Waals surface area contributed by atoms with Crippen molar-refractivity contribution in [2.75, 3.05) is 0 Å². The number of rotatable bonds is 0. The fourth-order valence-corrected chi connectivity index (χ4v) is 3.04. The summed E-state index contributed by atoms with van der Waals surface area (Å²) in [6.07, 6.45) is 6.78. The van der Waals surface area contributed by atoms with Gasteiger partial charge in [0.2, 0.25) is 0 Å². The lowest BCUT2D eigenvalue weighted by molar-refractivity contribution is 0.272. The van der Waals surface area contributed by atoms with Crippen LogP contribution >= 0.6 is 0 Å². The van der Waals surface area contributed by atoms with E-state index in [1.54, 1.807) is 11.1 Å². The standard InChI is InChI=1S/C13H20/c1-9(2)13-7-11-4-10(3)5-12(6-11)8-13/h11-12H,3-8H2,1-2H3. The maximum absolute atomic E-state index is 4.15. The summed E-state index contributed by atoms with van der Waals surface area (Å²) in [5.41, 5.74) is 4.82. The molecule has 0 N–H and O–H groups in total. The molecule has 2 aliphatic carbocycles. The highest BCUT2D eigenvalue weighted by Crippen LogP contribution is 2.44. The maximum Gasteiger partial charge on any atom is -0.0286 e. The fraction of sp³-hybridized carbons (Fsp3) is 0.692. The molecular formula is C13H20. The van der Waals surface area contributed by atoms with Crippen molar-refractivity contribution in [2.24, 2.45) is 11.8 Å². The molecule has 0 heteroatoms. The first kappa shape index (κ1) is 9.05. The van der Waals surface area contributed by atoms with Gasteiger partial charge >= 0.3 is 0 Å². The van der Waals surface area contributed by atoms with E-state index in [0.29, 0.717) is 0 Å². The number of fused-ring (bicyclic) bond motifs is 2. The van der Waals surface area contributed by atoms with E-state index in [2.05, 4.69) is 20.4 Å². The van der Waals surface area contributed by atoms with Crippen molar-refractivity contribution >= 4 is 0 Å². The van der Waals surface area contributed by atoms with E-state index in [9.17, 15) is 0 Å². The lowest BCUT2D eigenvalue weighted by Gasteiger charge is -2.37. The molecule has 2 bridgehead atoms. The first-order chi connectivity index (χ1) is 6.15. The summed E-state index contributed by atoms with van der Waals surface area (Å²) in [4.78, 5) is 0. The third-order valence-corrected chi connectivity index (χ3v) is 3.60. The number of allylic oxidation sites excluding steroid dienone is 3. The second kappa shape index (κ2) is 3.32. The second-order valence-electron chi connectivity index (χ2n) is 5.14. The monoisotopic (exact) mass is 176 g/mol. The van der Waals surface area contributed by atoms with Crippen molar-refractivity contribution in [2.45, 2.75) is 46.0 Å². The van der Waals surface area contributed by atoms with E-state index in [4.69, 9.17) is 0 Å². The Labute approximate surface area is 81.7 Å². The van der Waals surface area contributed by atoms with Gasteiger partial charge in [-0.1, -0.05) is 23.3 Å². The minimum Gasteiger partial charge on any atom is -0.0998 e. The van der Waals surface area contributed by atoms with Gasteiger partial charge in [0.1, 0.15) is 0 Å². The Kier molecular flexibility index (Phi) is 2.31. The topological polar surface area (TPSA) is 0 Å². The molecule has 13 heavy (non-hydrogen) atoms. The van der Waals surface area contributed by atoms with Crippen LogP contribution in [0, 0.1) is 11.8 Å². The zero-order valence-electron chi connectivity index (χ0n) is 8.90. The van der Waals surface area contributed by atoms with Gasteiger partial charge in [-0.15, -0.1) is 0 Å². The van der Waals surface area contributed by atoms with Gasteiger partial charge < -0.3 is 0 Å². The molecule has 0 amide bonds. The summed E-state index contributed by atoms with van der Waals surface area (Å²) in [6.45, 7) is 8.69. The van der Waals surface area contributed by atoms with Gasteiger partial charge in [-0.3, -0.25) is 0 Å². The molecule has 2 fully saturated rings. The highest BCUT2D eigenvalue weighted by atomic mass is 14.4. The highest BCUT2D eigenvalue weighted by Gasteiger charge is 2.30. The molecule has 0 saturated heterocycles. The Balaban J connectivity index is 2.14. The van der Waals surface area contributed by atoms with Gasteiger partial charge in [-0.25, -0.2) is 0 Å². The summed E-state index contributed by atoms with van der Waals surface area (Å²) < 4.78 is 0. The van der Waals surface area contributed by atoms with E-state index in [0.717, 1.165) is 11.8 Å². The Hall–Kier alpha value is -0.520. The van der Waals surface area contributed by atoms with Crippen LogP contribution in [0.4, 0.5) is 0 Å². The number of hydrogen-bond donors (Lipinski definition) is 0. The van der Waals surface area contributed by atoms with Gasteiger partial charge in [0.15, 0.2) is 0 Å². The molecule has 0 radical (unpaired) electrons. The minimum absolute atomic E-state index is 0.935. The Morgan fingerprint density at radius 2 is 1.62 bits per heavy atom. The molecule has 72 valence electrons. The fourth-order valence-electron chi connectivity index (χ4n) is 3.04. The SMILES string of the molecule is C=C1CC2CC(=C(C)C)CC(C1)C2. The smallest absolute Gasteiger partial charge is 0.0286 e. The van der Waals surface area contributed by atoms with Crippen LogP contribution in [-0.4, -0.2) is 0 Å². The summed E-state index contributed by atoms with van der Waals surface area (Å²) in [5, 5.41) is 0. The molecule has 0 aromatic heterocycles. The minimum atomic E-state index is 0.935. The average Bonchev–Trinajstić information content (AvgIpc) is 2.01. The number of hydrogen-bond acceptors (Lipinski definition) is 0. The van der Waals surface area contributed by atoms with Crippen LogP contribution in [0.15, 0.2) is 23.3 Å². The van der Waals surface area contributed by atoms with E-state index >= 15 is 0 Å². The molecule has 0 nitrogen and oxygen atoms in total. The van der Waals surface area contributed by atoms with Crippen LogP contribution in [0.3, 0.4) is 0 Å². The molecule has 2 atom stereocenters. The third-order valence-electron chi connectivity index (χ3n) is 3.60. The van der Waals surface area contributed by atoms with Crippen molar-refractivity contribution in [3.63, 3.8) is 0 Å². The van der Waals surface area contributed by atoms with Crippen molar-refractivity contribution in [1.29, 1.82) is 0 Å². The molecule has 0 heterocycles. The Morgan fingerprint density at radius 3 is 2.08 bits per heavy atom. The van der Waals surface area contributed by atoms with Crippen molar-refractivity contribution in [3.05, 3.63) is 23.3 Å². The molecule has 0 aromatic carbocycles. The summed E-state index contributed by atoms with van der Waals surface area (Å²) >= 11 is 0. The lowest BCUT2D eigenvalue weighted by Crippen LogP contribution is -2.23. The quantitative estimate of drug-likeness (QED) is 0.488.